The molecule has 2 fully saturated rings. The van der Waals surface area contributed by atoms with Gasteiger partial charge in [-0.25, -0.2) is 0 Å². The van der Waals surface area contributed by atoms with E-state index in [4.69, 9.17) is 4.74 Å². The predicted molar refractivity (Wildman–Crippen MR) is 55.0 cm³/mol. The third-order valence-corrected chi connectivity index (χ3v) is 4.99. The molecule has 0 spiro atoms. The van der Waals surface area contributed by atoms with Crippen LogP contribution in [0.2, 0.25) is 0 Å². The van der Waals surface area contributed by atoms with Crippen molar-refractivity contribution in [3.63, 3.8) is 0 Å². The van der Waals surface area contributed by atoms with Gasteiger partial charge in [-0.1, -0.05) is 19.0 Å². The summed E-state index contributed by atoms with van der Waals surface area (Å²) in [5.74, 6) is 0.717. The highest BCUT2D eigenvalue weighted by Crippen LogP contribution is 2.66. The van der Waals surface area contributed by atoms with Crippen molar-refractivity contribution in [1.29, 1.82) is 0 Å². The monoisotopic (exact) mass is 197 g/mol. The van der Waals surface area contributed by atoms with Crippen molar-refractivity contribution in [2.24, 2.45) is 21.9 Å². The lowest BCUT2D eigenvalue weighted by Crippen LogP contribution is -2.42. The van der Waals surface area contributed by atoms with Crippen LogP contribution in [0, 0.1) is 21.7 Å². The molecule has 3 nitrogen and oxygen atoms in total. The molecular formula is C11H19NO2. The molecule has 3 unspecified atom stereocenters. The molecule has 80 valence electrons. The predicted octanol–water partition coefficient (Wildman–Crippen LogP) is 2.59. The molecular weight excluding hydrogens is 178 g/mol. The van der Waals surface area contributed by atoms with Crippen molar-refractivity contribution in [1.82, 2.24) is 0 Å². The van der Waals surface area contributed by atoms with Crippen molar-refractivity contribution >= 4 is 0 Å². The van der Waals surface area contributed by atoms with Crippen molar-refractivity contribution in [2.45, 2.75) is 39.2 Å². The van der Waals surface area contributed by atoms with Crippen LogP contribution in [0.5, 0.6) is 0 Å². The van der Waals surface area contributed by atoms with Crippen LogP contribution in [0.4, 0.5) is 0 Å². The minimum atomic E-state index is 0.0220. The van der Waals surface area contributed by atoms with E-state index in [-0.39, 0.29) is 16.9 Å². The van der Waals surface area contributed by atoms with E-state index in [1.807, 2.05) is 0 Å². The fourth-order valence-electron chi connectivity index (χ4n) is 3.82. The lowest BCUT2D eigenvalue weighted by molar-refractivity contribution is -0.0263. The molecule has 0 saturated heterocycles. The second kappa shape index (κ2) is 3.02. The second-order valence-electron chi connectivity index (χ2n) is 5.36. The Morgan fingerprint density at radius 3 is 2.71 bits per heavy atom. The zero-order valence-corrected chi connectivity index (χ0v) is 9.25. The average molecular weight is 197 g/mol. The zero-order chi connectivity index (χ0) is 10.4. The molecule has 0 radical (unpaired) electrons. The molecule has 2 aliphatic carbocycles. The number of nitrogens with zero attached hydrogens (tertiary/aromatic N) is 1. The Morgan fingerprint density at radius 1 is 1.50 bits per heavy atom. The van der Waals surface area contributed by atoms with Crippen molar-refractivity contribution in [3.05, 3.63) is 4.91 Å². The maximum Gasteiger partial charge on any atom is 0.0897 e. The van der Waals surface area contributed by atoms with Gasteiger partial charge in [0.05, 0.1) is 12.6 Å². The number of hydrogen-bond donors (Lipinski definition) is 0. The first kappa shape index (κ1) is 10.1. The molecule has 0 amide bonds. The van der Waals surface area contributed by atoms with E-state index < -0.39 is 0 Å². The van der Waals surface area contributed by atoms with E-state index in [1.54, 1.807) is 7.11 Å². The van der Waals surface area contributed by atoms with Crippen molar-refractivity contribution < 1.29 is 4.74 Å². The Bertz CT molecular complexity index is 252. The molecule has 0 aromatic carbocycles. The number of nitroso groups, excluding NO2 is 1. The summed E-state index contributed by atoms with van der Waals surface area (Å²) < 4.78 is 5.54. The third-order valence-electron chi connectivity index (χ3n) is 4.99. The number of hydrogen-bond acceptors (Lipinski definition) is 3. The molecule has 2 saturated carbocycles. The summed E-state index contributed by atoms with van der Waals surface area (Å²) in [5, 5.41) is 3.15. The summed E-state index contributed by atoms with van der Waals surface area (Å²) in [4.78, 5) is 10.6. The minimum absolute atomic E-state index is 0.0220. The SMILES string of the molecule is COC1CC2CCC1(CN=O)C2(C)C. The largest absolute Gasteiger partial charge is 0.381 e. The molecule has 2 aliphatic rings. The number of fused-ring (bicyclic) bond motifs is 2. The zero-order valence-electron chi connectivity index (χ0n) is 9.25. The lowest BCUT2D eigenvalue weighted by Gasteiger charge is -2.39. The molecule has 14 heavy (non-hydrogen) atoms. The quantitative estimate of drug-likeness (QED) is 0.652. The summed E-state index contributed by atoms with van der Waals surface area (Å²) >= 11 is 0. The van der Waals surface area contributed by atoms with Gasteiger partial charge < -0.3 is 4.74 Å². The van der Waals surface area contributed by atoms with Crippen LogP contribution in [0.3, 0.4) is 0 Å². The summed E-state index contributed by atoms with van der Waals surface area (Å²) in [6.45, 7) is 4.97. The molecule has 3 atom stereocenters. The maximum absolute atomic E-state index is 10.6. The standard InChI is InChI=1S/C11H19NO2/c1-10(2)8-4-5-11(10,7-12-13)9(6-8)14-3/h8-9H,4-7H2,1-3H3. The van der Waals surface area contributed by atoms with Gasteiger partial charge in [0.15, 0.2) is 0 Å². The van der Waals surface area contributed by atoms with Crippen LogP contribution >= 0.6 is 0 Å². The molecule has 2 bridgehead atoms. The second-order valence-corrected chi connectivity index (χ2v) is 5.36. The molecule has 0 aromatic heterocycles. The van der Waals surface area contributed by atoms with Gasteiger partial charge in [-0.3, -0.25) is 0 Å². The van der Waals surface area contributed by atoms with Gasteiger partial charge in [-0.2, -0.15) is 4.91 Å². The summed E-state index contributed by atoms with van der Waals surface area (Å²) in [6.07, 6.45) is 3.70. The molecule has 3 heteroatoms. The van der Waals surface area contributed by atoms with Crippen LogP contribution in [-0.2, 0) is 4.74 Å². The van der Waals surface area contributed by atoms with Crippen molar-refractivity contribution in [3.8, 4) is 0 Å². The highest BCUT2D eigenvalue weighted by atomic mass is 16.5. The molecule has 0 heterocycles. The van der Waals surface area contributed by atoms with Gasteiger partial charge in [-0.15, -0.1) is 0 Å². The Balaban J connectivity index is 2.35. The van der Waals surface area contributed by atoms with E-state index in [0.29, 0.717) is 12.5 Å². The van der Waals surface area contributed by atoms with Gasteiger partial charge in [0.25, 0.3) is 0 Å². The van der Waals surface area contributed by atoms with E-state index >= 15 is 0 Å². The van der Waals surface area contributed by atoms with Gasteiger partial charge in [-0.05, 0) is 30.6 Å². The maximum atomic E-state index is 10.6. The van der Waals surface area contributed by atoms with Crippen LogP contribution in [0.25, 0.3) is 0 Å². The summed E-state index contributed by atoms with van der Waals surface area (Å²) in [5.41, 5.74) is 0.246. The first-order valence-electron chi connectivity index (χ1n) is 5.40. The Hall–Kier alpha value is -0.440. The lowest BCUT2D eigenvalue weighted by atomic mass is 9.68. The average Bonchev–Trinajstić information content (AvgIpc) is 2.51. The van der Waals surface area contributed by atoms with E-state index in [0.717, 1.165) is 12.8 Å². The van der Waals surface area contributed by atoms with Crippen LogP contribution < -0.4 is 0 Å². The number of rotatable bonds is 3. The van der Waals surface area contributed by atoms with E-state index in [9.17, 15) is 4.91 Å². The van der Waals surface area contributed by atoms with E-state index in [2.05, 4.69) is 19.0 Å². The summed E-state index contributed by atoms with van der Waals surface area (Å²) in [7, 11) is 1.76. The number of ether oxygens (including phenoxy) is 1. The Kier molecular flexibility index (Phi) is 2.18. The highest BCUT2D eigenvalue weighted by molar-refractivity contribution is 5.13. The molecule has 0 N–H and O–H groups in total. The minimum Gasteiger partial charge on any atom is -0.381 e. The van der Waals surface area contributed by atoms with Crippen LogP contribution in [0.15, 0.2) is 5.18 Å². The first-order valence-corrected chi connectivity index (χ1v) is 5.40. The topological polar surface area (TPSA) is 38.7 Å². The molecule has 0 aromatic rings. The molecule has 0 aliphatic heterocycles. The first-order chi connectivity index (χ1) is 6.58. The van der Waals surface area contributed by atoms with Crippen LogP contribution in [-0.4, -0.2) is 19.8 Å². The van der Waals surface area contributed by atoms with Gasteiger partial charge in [0, 0.05) is 12.5 Å². The van der Waals surface area contributed by atoms with E-state index in [1.165, 1.54) is 6.42 Å². The van der Waals surface area contributed by atoms with Gasteiger partial charge >= 0.3 is 0 Å². The van der Waals surface area contributed by atoms with Gasteiger partial charge in [0.1, 0.15) is 0 Å². The number of methoxy groups -OCH3 is 1. The third kappa shape index (κ3) is 0.964. The van der Waals surface area contributed by atoms with Crippen LogP contribution in [0.1, 0.15) is 33.1 Å². The fourth-order valence-corrected chi connectivity index (χ4v) is 3.82. The van der Waals surface area contributed by atoms with Gasteiger partial charge in [0.2, 0.25) is 0 Å². The molecule has 2 rings (SSSR count). The smallest absolute Gasteiger partial charge is 0.0897 e. The summed E-state index contributed by atoms with van der Waals surface area (Å²) in [6, 6.07) is 0. The fraction of sp³-hybridized carbons (Fsp3) is 1.00. The Morgan fingerprint density at radius 2 is 2.21 bits per heavy atom. The van der Waals surface area contributed by atoms with Crippen molar-refractivity contribution in [2.75, 3.05) is 13.7 Å². The Labute approximate surface area is 85.2 Å². The highest BCUT2D eigenvalue weighted by Gasteiger charge is 2.64. The normalized spacial score (nSPS) is 44.2.